The molecule has 3 aliphatic rings. The van der Waals surface area contributed by atoms with Gasteiger partial charge in [-0.05, 0) is 44.9 Å². The minimum atomic E-state index is -3.08. The second-order valence-corrected chi connectivity index (χ2v) is 32.1. The number of allylic oxidation sites excluding steroid dienone is 4. The van der Waals surface area contributed by atoms with Crippen LogP contribution in [0.3, 0.4) is 0 Å². The Labute approximate surface area is 657 Å². The van der Waals surface area contributed by atoms with E-state index in [0.29, 0.717) is 19.3 Å². The molecule has 0 aliphatic carbocycles. The van der Waals surface area contributed by atoms with Crippen LogP contribution in [0.2, 0.25) is 0 Å². The van der Waals surface area contributed by atoms with Crippen LogP contribution in [0.15, 0.2) is 24.3 Å². The molecule has 640 valence electrons. The quantitative estimate of drug-likeness (QED) is 0.0199. The van der Waals surface area contributed by atoms with E-state index in [9.17, 15) is 75.7 Å². The lowest BCUT2D eigenvalue weighted by molar-refractivity contribution is -0.386. The highest BCUT2D eigenvalue weighted by molar-refractivity contribution is 5.77. The summed E-state index contributed by atoms with van der Waals surface area (Å²) < 4.78 is 35.0. The first-order valence-electron chi connectivity index (χ1n) is 44.2. The van der Waals surface area contributed by atoms with E-state index in [-0.39, 0.29) is 18.9 Å². The van der Waals surface area contributed by atoms with E-state index in [2.05, 4.69) is 48.8 Å². The number of hydrogen-bond donors (Lipinski definition) is 14. The molecule has 2 amide bonds. The normalized spacial score (nSPS) is 25.8. The second-order valence-electron chi connectivity index (χ2n) is 32.1. The Morgan fingerprint density at radius 1 is 0.477 bits per heavy atom. The molecule has 18 atom stereocenters. The Morgan fingerprint density at radius 3 is 1.28 bits per heavy atom. The molecule has 23 heteroatoms. The zero-order chi connectivity index (χ0) is 79.5. The standard InChI is InChI=1S/C86H160N2O21/c1-4-6-8-10-12-14-16-18-20-22-23-24-25-26-27-28-29-30-31-32-33-34-35-36-37-38-39-40-41-42-43-44-46-48-50-52-54-56-58-60-73(96)88-67(68(93)59-57-55-53-51-49-47-45-21-19-17-15-13-11-9-7-5-2)65-104-83-78(100)77(99)80(72(64-91)106-83)107-84-79(101)82(76(98)71(63-90)105-84)109-86(85(102)103)61-69(94)74(87-66(3)92)81(108-86)75(97)70(95)62-89/h29-30,32-33,67-72,74-84,89-91,93-95,97-101H,4-28,31,34-65H2,1-3H3,(H,87,92)(H,88,96)(H,102,103)/b30-29-,33-32-. The van der Waals surface area contributed by atoms with E-state index in [1.54, 1.807) is 0 Å². The number of aliphatic hydroxyl groups is 11. The van der Waals surface area contributed by atoms with Crippen molar-refractivity contribution in [3.63, 3.8) is 0 Å². The van der Waals surface area contributed by atoms with Crippen molar-refractivity contribution in [3.8, 4) is 0 Å². The summed E-state index contributed by atoms with van der Waals surface area (Å²) in [5.41, 5.74) is 0. The molecule has 0 spiro atoms. The maximum atomic E-state index is 13.6. The number of amides is 2. The molecule has 109 heavy (non-hydrogen) atoms. The van der Waals surface area contributed by atoms with Crippen molar-refractivity contribution >= 4 is 17.8 Å². The fourth-order valence-electron chi connectivity index (χ4n) is 15.5. The molecule has 23 nitrogen and oxygen atoms in total. The first kappa shape index (κ1) is 100. The van der Waals surface area contributed by atoms with Gasteiger partial charge in [-0.1, -0.05) is 327 Å². The predicted octanol–water partition coefficient (Wildman–Crippen LogP) is 13.5. The van der Waals surface area contributed by atoms with Crippen molar-refractivity contribution in [1.82, 2.24) is 10.6 Å². The summed E-state index contributed by atoms with van der Waals surface area (Å²) in [5, 5.41) is 137. The van der Waals surface area contributed by atoms with Crippen LogP contribution in [0, 0.1) is 0 Å². The Bertz CT molecular complexity index is 2250. The summed E-state index contributed by atoms with van der Waals surface area (Å²) >= 11 is 0. The minimum Gasteiger partial charge on any atom is -0.477 e. The fourth-order valence-corrected chi connectivity index (χ4v) is 15.5. The number of nitrogens with one attached hydrogen (secondary N) is 2. The third kappa shape index (κ3) is 43.7. The molecular weight excluding hydrogens is 1400 g/mol. The van der Waals surface area contributed by atoms with E-state index in [1.807, 2.05) is 0 Å². The Hall–Kier alpha value is -2.79. The lowest BCUT2D eigenvalue weighted by atomic mass is 9.88. The van der Waals surface area contributed by atoms with Crippen LogP contribution in [-0.2, 0) is 42.8 Å². The van der Waals surface area contributed by atoms with Gasteiger partial charge in [0.05, 0.1) is 50.7 Å². The number of unbranched alkanes of at least 4 members (excludes halogenated alkanes) is 47. The maximum absolute atomic E-state index is 13.6. The number of carboxylic acid groups (broad SMARTS) is 1. The first-order valence-corrected chi connectivity index (χ1v) is 44.2. The van der Waals surface area contributed by atoms with Gasteiger partial charge in [0.15, 0.2) is 12.6 Å². The number of carbonyl (C=O) groups excluding carboxylic acids is 2. The molecule has 3 heterocycles. The van der Waals surface area contributed by atoms with E-state index in [1.165, 1.54) is 257 Å². The summed E-state index contributed by atoms with van der Waals surface area (Å²) in [6, 6.07) is -2.53. The zero-order valence-corrected chi connectivity index (χ0v) is 68.2. The molecule has 0 radical (unpaired) electrons. The fraction of sp³-hybridized carbons (Fsp3) is 0.919. The molecule has 3 aliphatic heterocycles. The number of aliphatic hydroxyl groups excluding tert-OH is 11. The summed E-state index contributed by atoms with van der Waals surface area (Å²) in [5.74, 6) is -6.09. The number of carboxylic acids is 1. The molecule has 3 fully saturated rings. The second kappa shape index (κ2) is 64.4. The number of carbonyl (C=O) groups is 3. The van der Waals surface area contributed by atoms with Gasteiger partial charge in [0.25, 0.3) is 5.79 Å². The minimum absolute atomic E-state index is 0.226. The third-order valence-electron chi connectivity index (χ3n) is 22.4. The molecule has 3 saturated heterocycles. The third-order valence-corrected chi connectivity index (χ3v) is 22.4. The van der Waals surface area contributed by atoms with Crippen molar-refractivity contribution < 1.29 is 104 Å². The average Bonchev–Trinajstić information content (AvgIpc) is 0.754. The van der Waals surface area contributed by atoms with E-state index in [0.717, 1.165) is 64.7 Å². The van der Waals surface area contributed by atoms with Gasteiger partial charge < -0.3 is 100 Å². The number of aliphatic carboxylic acids is 1. The average molecular weight is 1560 g/mol. The van der Waals surface area contributed by atoms with E-state index < -0.39 is 148 Å². The highest BCUT2D eigenvalue weighted by atomic mass is 16.8. The molecule has 0 aromatic rings. The van der Waals surface area contributed by atoms with Crippen LogP contribution in [0.5, 0.6) is 0 Å². The van der Waals surface area contributed by atoms with Gasteiger partial charge in [-0.3, -0.25) is 9.59 Å². The van der Waals surface area contributed by atoms with E-state index in [4.69, 9.17) is 28.4 Å². The van der Waals surface area contributed by atoms with Crippen molar-refractivity contribution in [1.29, 1.82) is 0 Å². The maximum Gasteiger partial charge on any atom is 0.364 e. The van der Waals surface area contributed by atoms with Gasteiger partial charge in [-0.25, -0.2) is 4.79 Å². The monoisotopic (exact) mass is 1560 g/mol. The molecule has 0 aromatic heterocycles. The van der Waals surface area contributed by atoms with Gasteiger partial charge in [0.2, 0.25) is 11.8 Å². The van der Waals surface area contributed by atoms with Gasteiger partial charge in [0.1, 0.15) is 67.1 Å². The summed E-state index contributed by atoms with van der Waals surface area (Å²) in [7, 11) is 0. The molecule has 14 N–H and O–H groups in total. The highest BCUT2D eigenvalue weighted by Gasteiger charge is 2.60. The Balaban J connectivity index is 1.39. The van der Waals surface area contributed by atoms with Gasteiger partial charge in [-0.15, -0.1) is 0 Å². The molecule has 0 saturated carbocycles. The zero-order valence-electron chi connectivity index (χ0n) is 68.2. The predicted molar refractivity (Wildman–Crippen MR) is 426 cm³/mol. The molecule has 0 aromatic carbocycles. The Kier molecular flexibility index (Phi) is 59.3. The molecule has 0 bridgehead atoms. The van der Waals surface area contributed by atoms with Crippen LogP contribution in [0.1, 0.15) is 367 Å². The molecule has 3 rings (SSSR count). The van der Waals surface area contributed by atoms with Crippen molar-refractivity contribution in [3.05, 3.63) is 24.3 Å². The van der Waals surface area contributed by atoms with Crippen molar-refractivity contribution in [2.45, 2.75) is 477 Å². The van der Waals surface area contributed by atoms with E-state index >= 15 is 0 Å². The number of rotatable bonds is 71. The lowest BCUT2D eigenvalue weighted by Crippen LogP contribution is -2.70. The van der Waals surface area contributed by atoms with Gasteiger partial charge >= 0.3 is 5.97 Å². The summed E-state index contributed by atoms with van der Waals surface area (Å²) in [6.07, 6.45) is 44.9. The highest BCUT2D eigenvalue weighted by Crippen LogP contribution is 2.39. The van der Waals surface area contributed by atoms with Crippen LogP contribution in [-0.4, -0.2) is 215 Å². The number of hydrogen-bond acceptors (Lipinski definition) is 20. The molecular formula is C86H160N2O21. The van der Waals surface area contributed by atoms with Crippen LogP contribution < -0.4 is 10.6 Å². The van der Waals surface area contributed by atoms with Gasteiger partial charge in [0, 0.05) is 19.8 Å². The van der Waals surface area contributed by atoms with Gasteiger partial charge in [-0.2, -0.15) is 0 Å². The smallest absolute Gasteiger partial charge is 0.364 e. The summed E-state index contributed by atoms with van der Waals surface area (Å²) in [6.45, 7) is 2.26. The SMILES string of the molecule is CCCCCCCCCCCCCCCCC/C=C\C/C=C\CCCCCCCCCCCCCCCCCCCC(=O)NC(COC1OC(CO)C(OC2OC(CO)C(O)C(OC3(C(=O)O)CC(O)C(NC(C)=O)C(C(O)C(O)CO)O3)C2O)C(O)C1O)C(O)CCCCCCCCCCCCCCCCCC. The van der Waals surface area contributed by atoms with Crippen molar-refractivity contribution in [2.24, 2.45) is 0 Å². The van der Waals surface area contributed by atoms with Crippen molar-refractivity contribution in [2.75, 3.05) is 26.4 Å². The number of ether oxygens (including phenoxy) is 6. The first-order chi connectivity index (χ1) is 52.9. The largest absolute Gasteiger partial charge is 0.477 e. The van der Waals surface area contributed by atoms with Crippen LogP contribution in [0.4, 0.5) is 0 Å². The summed E-state index contributed by atoms with van der Waals surface area (Å²) in [4.78, 5) is 38.7. The Morgan fingerprint density at radius 2 is 0.881 bits per heavy atom. The van der Waals surface area contributed by atoms with Crippen LogP contribution in [0.25, 0.3) is 0 Å². The van der Waals surface area contributed by atoms with Crippen LogP contribution >= 0.6 is 0 Å². The molecule has 18 unspecified atom stereocenters. The topological polar surface area (TPSA) is 373 Å². The lowest BCUT2D eigenvalue weighted by Gasteiger charge is -2.50.